The van der Waals surface area contributed by atoms with Crippen LogP contribution in [0, 0.1) is 0 Å². The van der Waals surface area contributed by atoms with Crippen molar-refractivity contribution in [2.75, 3.05) is 13.2 Å². The number of carbonyl (C=O) groups excluding carboxylic acids is 2. The molecule has 0 aromatic heterocycles. The van der Waals surface area contributed by atoms with Crippen LogP contribution in [0.4, 0.5) is 0 Å². The molecular formula is C45H81O8P. The minimum atomic E-state index is -4.76. The standard InChI is InChI=1S/C45H81O8P/c1-3-5-7-9-11-13-15-17-19-21-22-24-26-28-30-32-34-36-38-40-45(47)53-43(42-52-54(48,49)50)41-51-44(46)39-37-35-33-31-29-27-25-23-20-18-16-14-12-10-8-6-4-2/h11-14,17-20,43H,3-10,15-16,21-42H2,1-2H3,(H2,48,49,50)/b13-11-,14-12-,19-17-,20-18-/t43-/m1/s1. The van der Waals surface area contributed by atoms with Gasteiger partial charge in [0.05, 0.1) is 6.61 Å². The minimum Gasteiger partial charge on any atom is -0.462 e. The van der Waals surface area contributed by atoms with Gasteiger partial charge >= 0.3 is 19.8 Å². The molecule has 0 rings (SSSR count). The van der Waals surface area contributed by atoms with Gasteiger partial charge in [-0.25, -0.2) is 4.57 Å². The lowest BCUT2D eigenvalue weighted by atomic mass is 10.1. The van der Waals surface area contributed by atoms with Crippen molar-refractivity contribution in [3.8, 4) is 0 Å². The Morgan fingerprint density at radius 1 is 0.481 bits per heavy atom. The zero-order valence-electron chi connectivity index (χ0n) is 34.6. The normalized spacial score (nSPS) is 12.9. The summed E-state index contributed by atoms with van der Waals surface area (Å²) in [6, 6.07) is 0. The van der Waals surface area contributed by atoms with Crippen molar-refractivity contribution in [3.05, 3.63) is 48.6 Å². The molecule has 0 heterocycles. The maximum absolute atomic E-state index is 12.4. The van der Waals surface area contributed by atoms with Crippen molar-refractivity contribution in [2.45, 2.75) is 213 Å². The van der Waals surface area contributed by atoms with Gasteiger partial charge in [0.1, 0.15) is 6.61 Å². The van der Waals surface area contributed by atoms with Crippen LogP contribution in [0.1, 0.15) is 206 Å². The van der Waals surface area contributed by atoms with Gasteiger partial charge in [0.15, 0.2) is 6.10 Å². The molecule has 0 bridgehead atoms. The monoisotopic (exact) mass is 781 g/mol. The van der Waals surface area contributed by atoms with Crippen LogP contribution in [0.3, 0.4) is 0 Å². The molecule has 2 N–H and O–H groups in total. The number of esters is 2. The van der Waals surface area contributed by atoms with Gasteiger partial charge in [0.2, 0.25) is 0 Å². The van der Waals surface area contributed by atoms with E-state index < -0.39 is 32.5 Å². The summed E-state index contributed by atoms with van der Waals surface area (Å²) >= 11 is 0. The van der Waals surface area contributed by atoms with Crippen LogP contribution in [0.25, 0.3) is 0 Å². The van der Waals surface area contributed by atoms with Crippen LogP contribution in [0.5, 0.6) is 0 Å². The van der Waals surface area contributed by atoms with E-state index in [4.69, 9.17) is 19.3 Å². The van der Waals surface area contributed by atoms with E-state index in [1.54, 1.807) is 0 Å². The Balaban J connectivity index is 3.91. The summed E-state index contributed by atoms with van der Waals surface area (Å²) < 4.78 is 26.4. The van der Waals surface area contributed by atoms with E-state index in [2.05, 4.69) is 67.0 Å². The predicted octanol–water partition coefficient (Wildman–Crippen LogP) is 13.5. The van der Waals surface area contributed by atoms with Crippen LogP contribution < -0.4 is 0 Å². The molecule has 0 aromatic carbocycles. The van der Waals surface area contributed by atoms with E-state index in [0.29, 0.717) is 12.8 Å². The lowest BCUT2D eigenvalue weighted by molar-refractivity contribution is -0.161. The van der Waals surface area contributed by atoms with Crippen molar-refractivity contribution in [3.63, 3.8) is 0 Å². The lowest BCUT2D eigenvalue weighted by Gasteiger charge is -2.18. The van der Waals surface area contributed by atoms with E-state index in [1.807, 2.05) is 0 Å². The summed E-state index contributed by atoms with van der Waals surface area (Å²) in [7, 11) is -4.76. The highest BCUT2D eigenvalue weighted by Crippen LogP contribution is 2.36. The van der Waals surface area contributed by atoms with Gasteiger partial charge in [0.25, 0.3) is 0 Å². The molecule has 0 radical (unpaired) electrons. The Morgan fingerprint density at radius 3 is 1.22 bits per heavy atom. The highest BCUT2D eigenvalue weighted by atomic mass is 31.2. The first kappa shape index (κ1) is 52.0. The van der Waals surface area contributed by atoms with Crippen LogP contribution >= 0.6 is 7.82 Å². The number of ether oxygens (including phenoxy) is 2. The lowest BCUT2D eigenvalue weighted by Crippen LogP contribution is -2.29. The van der Waals surface area contributed by atoms with Crippen molar-refractivity contribution in [1.82, 2.24) is 0 Å². The smallest absolute Gasteiger partial charge is 0.462 e. The van der Waals surface area contributed by atoms with Crippen molar-refractivity contribution < 1.29 is 37.9 Å². The van der Waals surface area contributed by atoms with Crippen LogP contribution in [0.2, 0.25) is 0 Å². The molecule has 0 fully saturated rings. The molecule has 9 heteroatoms. The Kier molecular flexibility index (Phi) is 39.2. The zero-order chi connectivity index (χ0) is 39.6. The van der Waals surface area contributed by atoms with Gasteiger partial charge in [-0.3, -0.25) is 14.1 Å². The van der Waals surface area contributed by atoms with Crippen molar-refractivity contribution in [1.29, 1.82) is 0 Å². The number of allylic oxidation sites excluding steroid dienone is 8. The average molecular weight is 781 g/mol. The molecule has 0 aromatic rings. The largest absolute Gasteiger partial charge is 0.469 e. The number of carbonyl (C=O) groups is 2. The van der Waals surface area contributed by atoms with Crippen molar-refractivity contribution in [2.24, 2.45) is 0 Å². The van der Waals surface area contributed by atoms with Gasteiger partial charge in [-0.2, -0.15) is 0 Å². The number of unbranched alkanes of at least 4 members (excludes halogenated alkanes) is 22. The van der Waals surface area contributed by atoms with E-state index in [9.17, 15) is 14.2 Å². The summed E-state index contributed by atoms with van der Waals surface area (Å²) in [6.07, 6.45) is 49.7. The van der Waals surface area contributed by atoms with Gasteiger partial charge in [-0.05, 0) is 77.0 Å². The number of hydrogen-bond acceptors (Lipinski definition) is 6. The first-order valence-electron chi connectivity index (χ1n) is 21.9. The van der Waals surface area contributed by atoms with E-state index in [1.165, 1.54) is 103 Å². The summed E-state index contributed by atoms with van der Waals surface area (Å²) in [5, 5.41) is 0. The van der Waals surface area contributed by atoms with Crippen molar-refractivity contribution >= 4 is 19.8 Å². The maximum Gasteiger partial charge on any atom is 0.469 e. The summed E-state index contributed by atoms with van der Waals surface area (Å²) in [5.74, 6) is -0.896. The molecule has 0 aliphatic carbocycles. The molecule has 0 unspecified atom stereocenters. The molecule has 8 nitrogen and oxygen atoms in total. The first-order chi connectivity index (χ1) is 26.3. The summed E-state index contributed by atoms with van der Waals surface area (Å²) in [6.45, 7) is 3.64. The van der Waals surface area contributed by atoms with E-state index in [0.717, 1.165) is 64.2 Å². The fraction of sp³-hybridized carbons (Fsp3) is 0.778. The number of phosphoric ester groups is 1. The van der Waals surface area contributed by atoms with Crippen LogP contribution in [-0.4, -0.2) is 41.0 Å². The molecule has 0 aliphatic rings. The number of rotatable bonds is 40. The SMILES string of the molecule is CCCCC/C=C\C/C=C\CCCCCCCCCCCC(=O)O[C@H](COC(=O)CCCCCCCCC/C=C\C/C=C\CCCCC)COP(=O)(O)O. The molecule has 0 spiro atoms. The quantitative estimate of drug-likeness (QED) is 0.0273. The fourth-order valence-corrected chi connectivity index (χ4v) is 6.38. The molecule has 0 amide bonds. The molecule has 0 saturated carbocycles. The Hall–Kier alpha value is -1.99. The Morgan fingerprint density at radius 2 is 0.833 bits per heavy atom. The predicted molar refractivity (Wildman–Crippen MR) is 225 cm³/mol. The summed E-state index contributed by atoms with van der Waals surface area (Å²) in [5.41, 5.74) is 0. The first-order valence-corrected chi connectivity index (χ1v) is 23.5. The molecule has 314 valence electrons. The third kappa shape index (κ3) is 42.7. The maximum atomic E-state index is 12.4. The van der Waals surface area contributed by atoms with Gasteiger partial charge in [0, 0.05) is 12.8 Å². The van der Waals surface area contributed by atoms with E-state index in [-0.39, 0.29) is 19.4 Å². The Bertz CT molecular complexity index is 1020. The second kappa shape index (κ2) is 40.7. The summed E-state index contributed by atoms with van der Waals surface area (Å²) in [4.78, 5) is 42.9. The topological polar surface area (TPSA) is 119 Å². The zero-order valence-corrected chi connectivity index (χ0v) is 35.5. The highest BCUT2D eigenvalue weighted by molar-refractivity contribution is 7.46. The molecule has 0 aliphatic heterocycles. The second-order valence-electron chi connectivity index (χ2n) is 14.7. The fourth-order valence-electron chi connectivity index (χ4n) is 6.02. The minimum absolute atomic E-state index is 0.204. The van der Waals surface area contributed by atoms with Crippen LogP contribution in [-0.2, 0) is 28.2 Å². The average Bonchev–Trinajstić information content (AvgIpc) is 3.14. The molecule has 0 saturated heterocycles. The number of hydrogen-bond donors (Lipinski definition) is 2. The molecule has 1 atom stereocenters. The number of phosphoric acid groups is 1. The molecular weight excluding hydrogens is 699 g/mol. The second-order valence-corrected chi connectivity index (χ2v) is 15.9. The van der Waals surface area contributed by atoms with Gasteiger partial charge in [-0.15, -0.1) is 0 Å². The third-order valence-electron chi connectivity index (χ3n) is 9.32. The third-order valence-corrected chi connectivity index (χ3v) is 9.81. The highest BCUT2D eigenvalue weighted by Gasteiger charge is 2.22. The Labute approximate surface area is 331 Å². The van der Waals surface area contributed by atoms with E-state index >= 15 is 0 Å². The van der Waals surface area contributed by atoms with Gasteiger partial charge in [-0.1, -0.05) is 165 Å². The van der Waals surface area contributed by atoms with Gasteiger partial charge < -0.3 is 19.3 Å². The molecule has 54 heavy (non-hydrogen) atoms. The van der Waals surface area contributed by atoms with Crippen LogP contribution in [0.15, 0.2) is 48.6 Å².